The Labute approximate surface area is 227 Å². The van der Waals surface area contributed by atoms with Gasteiger partial charge < -0.3 is 24.8 Å². The van der Waals surface area contributed by atoms with Gasteiger partial charge in [-0.25, -0.2) is 9.37 Å². The summed E-state index contributed by atoms with van der Waals surface area (Å²) in [5.74, 6) is -0.999. The largest absolute Gasteiger partial charge is 0.481 e. The lowest BCUT2D eigenvalue weighted by atomic mass is 9.99. The maximum Gasteiger partial charge on any atom is 0.305 e. The molecule has 0 radical (unpaired) electrons. The highest BCUT2D eigenvalue weighted by Crippen LogP contribution is 2.32. The first-order valence-corrected chi connectivity index (χ1v) is 13.4. The van der Waals surface area contributed by atoms with E-state index >= 15 is 0 Å². The van der Waals surface area contributed by atoms with Crippen molar-refractivity contribution in [2.75, 3.05) is 13.1 Å². The number of carbonyl (C=O) groups excluding carboxylic acids is 1. The average molecular weight is 538 g/mol. The number of hydrogen-bond donors (Lipinski definition) is 3. The van der Waals surface area contributed by atoms with Crippen molar-refractivity contribution in [2.45, 2.75) is 70.1 Å². The van der Waals surface area contributed by atoms with Crippen molar-refractivity contribution in [1.29, 1.82) is 0 Å². The monoisotopic (exact) mass is 537 g/mol. The Morgan fingerprint density at radius 2 is 1.74 bits per heavy atom. The summed E-state index contributed by atoms with van der Waals surface area (Å²) >= 11 is 0. The van der Waals surface area contributed by atoms with E-state index < -0.39 is 24.6 Å². The number of amides is 1. The van der Waals surface area contributed by atoms with Gasteiger partial charge in [0.15, 0.2) is 5.69 Å². The molecular formula is C30H36FN3O5. The molecule has 1 amide bonds. The van der Waals surface area contributed by atoms with Crippen LogP contribution in [0, 0.1) is 5.82 Å². The number of imidazole rings is 1. The molecular weight excluding hydrogens is 501 g/mol. The molecule has 3 atom stereocenters. The fraction of sp³-hybridized carbons (Fsp3) is 0.433. The van der Waals surface area contributed by atoms with E-state index in [1.54, 1.807) is 12.1 Å². The number of carboxylic acid groups (broad SMARTS) is 1. The number of benzene rings is 2. The van der Waals surface area contributed by atoms with Gasteiger partial charge in [-0.2, -0.15) is 0 Å². The Morgan fingerprint density at radius 3 is 2.38 bits per heavy atom. The molecule has 4 rings (SSSR count). The van der Waals surface area contributed by atoms with Gasteiger partial charge >= 0.3 is 5.97 Å². The van der Waals surface area contributed by atoms with Crippen LogP contribution >= 0.6 is 0 Å². The van der Waals surface area contributed by atoms with Crippen LogP contribution in [0.4, 0.5) is 4.39 Å². The number of rotatable bonds is 11. The van der Waals surface area contributed by atoms with Gasteiger partial charge in [0.2, 0.25) is 0 Å². The summed E-state index contributed by atoms with van der Waals surface area (Å²) in [6.07, 6.45) is -1.56. The molecule has 1 unspecified atom stereocenters. The Bertz CT molecular complexity index is 1280. The van der Waals surface area contributed by atoms with Crippen LogP contribution in [0.2, 0.25) is 0 Å². The summed E-state index contributed by atoms with van der Waals surface area (Å²) in [6.45, 7) is 5.45. The van der Waals surface area contributed by atoms with Crippen molar-refractivity contribution in [3.05, 3.63) is 77.4 Å². The third-order valence-electron chi connectivity index (χ3n) is 7.25. The molecule has 3 N–H and O–H groups in total. The lowest BCUT2D eigenvalue weighted by Gasteiger charge is -2.20. The third-order valence-corrected chi connectivity index (χ3v) is 7.25. The zero-order valence-corrected chi connectivity index (χ0v) is 22.3. The van der Waals surface area contributed by atoms with E-state index in [-0.39, 0.29) is 42.9 Å². The molecule has 9 heteroatoms. The van der Waals surface area contributed by atoms with Crippen LogP contribution in [-0.2, 0) is 11.3 Å². The second-order valence-electron chi connectivity index (χ2n) is 10.6. The van der Waals surface area contributed by atoms with E-state index in [1.807, 2.05) is 41.5 Å². The third kappa shape index (κ3) is 6.91. The fourth-order valence-corrected chi connectivity index (χ4v) is 5.34. The van der Waals surface area contributed by atoms with Crippen LogP contribution in [0.15, 0.2) is 54.6 Å². The summed E-state index contributed by atoms with van der Waals surface area (Å²) in [4.78, 5) is 31.3. The number of aliphatic hydroxyl groups is 2. The summed E-state index contributed by atoms with van der Waals surface area (Å²) in [5.41, 5.74) is 2.91. The highest BCUT2D eigenvalue weighted by atomic mass is 19.1. The molecule has 2 heterocycles. The molecule has 1 aliphatic heterocycles. The van der Waals surface area contributed by atoms with Gasteiger partial charge in [-0.3, -0.25) is 9.59 Å². The highest BCUT2D eigenvalue weighted by Gasteiger charge is 2.33. The topological polar surface area (TPSA) is 116 Å². The van der Waals surface area contributed by atoms with Gasteiger partial charge in [-0.05, 0) is 55.0 Å². The Hall–Kier alpha value is -3.56. The Kier molecular flexibility index (Phi) is 9.14. The zero-order chi connectivity index (χ0) is 28.1. The van der Waals surface area contributed by atoms with Crippen LogP contribution in [0.3, 0.4) is 0 Å². The van der Waals surface area contributed by atoms with Crippen LogP contribution < -0.4 is 0 Å². The van der Waals surface area contributed by atoms with E-state index in [0.29, 0.717) is 30.2 Å². The first-order chi connectivity index (χ1) is 18.6. The average Bonchev–Trinajstić information content (AvgIpc) is 3.53. The van der Waals surface area contributed by atoms with Crippen molar-refractivity contribution >= 4 is 11.9 Å². The minimum atomic E-state index is -1.16. The van der Waals surface area contributed by atoms with Crippen molar-refractivity contribution in [3.8, 4) is 11.4 Å². The highest BCUT2D eigenvalue weighted by molar-refractivity contribution is 5.94. The van der Waals surface area contributed by atoms with Crippen LogP contribution in [0.5, 0.6) is 0 Å². The quantitative estimate of drug-likeness (QED) is 0.334. The van der Waals surface area contributed by atoms with Crippen molar-refractivity contribution in [3.63, 3.8) is 0 Å². The number of halogens is 1. The van der Waals surface area contributed by atoms with E-state index in [2.05, 4.69) is 12.1 Å². The fourth-order valence-electron chi connectivity index (χ4n) is 5.34. The van der Waals surface area contributed by atoms with Crippen LogP contribution in [0.1, 0.15) is 73.1 Å². The number of hydrogen-bond acceptors (Lipinski definition) is 5. The number of carboxylic acids is 1. The smallest absolute Gasteiger partial charge is 0.305 e. The second kappa shape index (κ2) is 12.5. The molecule has 2 aromatic carbocycles. The molecule has 1 aliphatic rings. The number of aliphatic carboxylic acids is 1. The minimum Gasteiger partial charge on any atom is -0.481 e. The lowest BCUT2D eigenvalue weighted by molar-refractivity contribution is -0.139. The van der Waals surface area contributed by atoms with Gasteiger partial charge in [0.25, 0.3) is 5.91 Å². The zero-order valence-electron chi connectivity index (χ0n) is 22.3. The van der Waals surface area contributed by atoms with Crippen LogP contribution in [0.25, 0.3) is 11.4 Å². The number of nitrogens with zero attached hydrogens (tertiary/aromatic N) is 3. The van der Waals surface area contributed by atoms with Crippen LogP contribution in [-0.4, -0.2) is 66.9 Å². The second-order valence-corrected chi connectivity index (χ2v) is 10.6. The molecule has 0 saturated carbocycles. The van der Waals surface area contributed by atoms with Gasteiger partial charge in [-0.15, -0.1) is 0 Å². The Morgan fingerprint density at radius 1 is 1.05 bits per heavy atom. The molecule has 39 heavy (non-hydrogen) atoms. The van der Waals surface area contributed by atoms with E-state index in [4.69, 9.17) is 10.1 Å². The predicted molar refractivity (Wildman–Crippen MR) is 145 cm³/mol. The van der Waals surface area contributed by atoms with E-state index in [1.165, 1.54) is 17.7 Å². The number of carbonyl (C=O) groups is 2. The molecule has 1 fully saturated rings. The predicted octanol–water partition coefficient (Wildman–Crippen LogP) is 4.42. The van der Waals surface area contributed by atoms with Gasteiger partial charge in [0, 0.05) is 31.1 Å². The minimum absolute atomic E-state index is 0.0760. The normalized spacial score (nSPS) is 17.0. The van der Waals surface area contributed by atoms with Crippen molar-refractivity contribution in [2.24, 2.45) is 0 Å². The standard InChI is InChI=1S/C30H36FN3O5/c1-19(2)28-27(30(39)33-14-12-22(18-33)20-6-4-3-5-7-20)32-29(21-8-10-23(31)11-9-21)34(28)15-13-24(35)16-25(36)17-26(37)38/h3-11,19,22,24-25,35-36H,12-18H2,1-2H3,(H,37,38)/t22?,24-,25-/m1/s1. The summed E-state index contributed by atoms with van der Waals surface area (Å²) in [7, 11) is 0. The number of likely N-dealkylation sites (tertiary alicyclic amines) is 1. The first-order valence-electron chi connectivity index (χ1n) is 13.4. The summed E-state index contributed by atoms with van der Waals surface area (Å²) in [6, 6.07) is 16.0. The maximum atomic E-state index is 13.8. The molecule has 3 aromatic rings. The molecule has 1 saturated heterocycles. The molecule has 8 nitrogen and oxygen atoms in total. The number of aliphatic hydroxyl groups excluding tert-OH is 2. The van der Waals surface area contributed by atoms with Gasteiger partial charge in [0.05, 0.1) is 24.3 Å². The Balaban J connectivity index is 1.63. The first kappa shape index (κ1) is 28.4. The maximum absolute atomic E-state index is 13.8. The lowest BCUT2D eigenvalue weighted by Crippen LogP contribution is -2.30. The molecule has 0 spiro atoms. The van der Waals surface area contributed by atoms with Gasteiger partial charge in [0.1, 0.15) is 11.6 Å². The summed E-state index contributed by atoms with van der Waals surface area (Å²) < 4.78 is 15.6. The summed E-state index contributed by atoms with van der Waals surface area (Å²) in [5, 5.41) is 29.4. The molecule has 208 valence electrons. The van der Waals surface area contributed by atoms with Crippen molar-refractivity contribution in [1.82, 2.24) is 14.5 Å². The molecule has 0 aliphatic carbocycles. The molecule has 0 bridgehead atoms. The van der Waals surface area contributed by atoms with Crippen molar-refractivity contribution < 1.29 is 29.3 Å². The van der Waals surface area contributed by atoms with E-state index in [0.717, 1.165) is 12.1 Å². The number of aromatic nitrogens is 2. The van der Waals surface area contributed by atoms with Gasteiger partial charge in [-0.1, -0.05) is 44.2 Å². The SMILES string of the molecule is CC(C)c1c(C(=O)N2CCC(c3ccccc3)C2)nc(-c2ccc(F)cc2)n1CC[C@@H](O)C[C@@H](O)CC(=O)O. The molecule has 1 aromatic heterocycles. The van der Waals surface area contributed by atoms with E-state index in [9.17, 15) is 24.2 Å².